The van der Waals surface area contributed by atoms with E-state index in [4.69, 9.17) is 26.2 Å². The molecule has 0 spiro atoms. The van der Waals surface area contributed by atoms with Gasteiger partial charge in [0.05, 0.1) is 25.4 Å². The third kappa shape index (κ3) is 17.7. The molecule has 5 nitrogen and oxygen atoms in total. The highest BCUT2D eigenvalue weighted by molar-refractivity contribution is 4.48. The van der Waals surface area contributed by atoms with Crippen LogP contribution in [0.25, 0.3) is 0 Å². The molecule has 0 aliphatic rings. The lowest BCUT2D eigenvalue weighted by atomic mass is 10.4. The van der Waals surface area contributed by atoms with E-state index in [0.717, 1.165) is 0 Å². The Morgan fingerprint density at radius 1 is 1.18 bits per heavy atom. The largest absolute Gasteiger partial charge is 0.394 e. The SMILES string of the molecule is CC(O)CO.NCC(O)CO. The van der Waals surface area contributed by atoms with E-state index in [2.05, 4.69) is 0 Å². The molecular weight excluding hydrogens is 150 g/mol. The lowest BCUT2D eigenvalue weighted by Gasteiger charge is -1.97. The van der Waals surface area contributed by atoms with Crippen LogP contribution in [0.5, 0.6) is 0 Å². The van der Waals surface area contributed by atoms with Crippen LogP contribution < -0.4 is 5.73 Å². The molecule has 0 saturated heterocycles. The van der Waals surface area contributed by atoms with Gasteiger partial charge >= 0.3 is 0 Å². The van der Waals surface area contributed by atoms with Gasteiger partial charge in [0.25, 0.3) is 0 Å². The van der Waals surface area contributed by atoms with E-state index < -0.39 is 12.2 Å². The molecule has 0 amide bonds. The first-order chi connectivity index (χ1) is 5.08. The number of rotatable bonds is 3. The number of nitrogens with two attached hydrogens (primary N) is 1. The molecule has 2 atom stereocenters. The molecule has 70 valence electrons. The van der Waals surface area contributed by atoms with Crippen molar-refractivity contribution in [2.75, 3.05) is 19.8 Å². The predicted molar refractivity (Wildman–Crippen MR) is 40.9 cm³/mol. The molecule has 6 N–H and O–H groups in total. The average molecular weight is 167 g/mol. The number of hydrogen-bond donors (Lipinski definition) is 5. The van der Waals surface area contributed by atoms with Crippen LogP contribution in [0.1, 0.15) is 6.92 Å². The van der Waals surface area contributed by atoms with Gasteiger partial charge in [-0.2, -0.15) is 0 Å². The van der Waals surface area contributed by atoms with E-state index in [1.165, 1.54) is 6.92 Å². The molecule has 0 fully saturated rings. The second kappa shape index (κ2) is 9.80. The zero-order valence-electron chi connectivity index (χ0n) is 6.64. The maximum Gasteiger partial charge on any atom is 0.0892 e. The Morgan fingerprint density at radius 3 is 1.55 bits per heavy atom. The third-order valence-corrected chi connectivity index (χ3v) is 0.747. The minimum atomic E-state index is -0.731. The summed E-state index contributed by atoms with van der Waals surface area (Å²) in [6.45, 7) is 1.28. The monoisotopic (exact) mass is 167 g/mol. The first kappa shape index (κ1) is 13.4. The highest BCUT2D eigenvalue weighted by Crippen LogP contribution is 1.69. The van der Waals surface area contributed by atoms with Gasteiger partial charge in [-0.3, -0.25) is 0 Å². The summed E-state index contributed by atoms with van der Waals surface area (Å²) in [5, 5.41) is 32.3. The first-order valence-electron chi connectivity index (χ1n) is 3.36. The minimum Gasteiger partial charge on any atom is -0.394 e. The van der Waals surface area contributed by atoms with Crippen LogP contribution in [-0.4, -0.2) is 52.4 Å². The standard InChI is InChI=1S/C3H9NO2.C3H8O2/c4-1-3(6)2-5;1-3(5)2-4/h3,5-6H,1-2,4H2;3-5H,2H2,1H3. The summed E-state index contributed by atoms with van der Waals surface area (Å²) < 4.78 is 0. The van der Waals surface area contributed by atoms with E-state index in [1.807, 2.05) is 0 Å². The lowest BCUT2D eigenvalue weighted by Crippen LogP contribution is -2.22. The fourth-order valence-electron chi connectivity index (χ4n) is 0.0745. The molecule has 0 saturated carbocycles. The van der Waals surface area contributed by atoms with Crippen molar-refractivity contribution in [3.63, 3.8) is 0 Å². The lowest BCUT2D eigenvalue weighted by molar-refractivity contribution is 0.102. The van der Waals surface area contributed by atoms with Crippen molar-refractivity contribution < 1.29 is 20.4 Å². The van der Waals surface area contributed by atoms with E-state index in [0.29, 0.717) is 0 Å². The van der Waals surface area contributed by atoms with Gasteiger partial charge in [0, 0.05) is 6.54 Å². The molecule has 0 heterocycles. The maximum absolute atomic E-state index is 8.29. The summed E-state index contributed by atoms with van der Waals surface area (Å²) in [6, 6.07) is 0. The van der Waals surface area contributed by atoms with Crippen molar-refractivity contribution in [3.8, 4) is 0 Å². The van der Waals surface area contributed by atoms with Crippen molar-refractivity contribution in [2.24, 2.45) is 5.73 Å². The second-order valence-corrected chi connectivity index (χ2v) is 2.10. The van der Waals surface area contributed by atoms with Crippen LogP contribution in [0.3, 0.4) is 0 Å². The van der Waals surface area contributed by atoms with Crippen molar-refractivity contribution in [1.82, 2.24) is 0 Å². The van der Waals surface area contributed by atoms with E-state index in [-0.39, 0.29) is 19.8 Å². The molecule has 0 rings (SSSR count). The first-order valence-corrected chi connectivity index (χ1v) is 3.36. The third-order valence-electron chi connectivity index (χ3n) is 0.747. The van der Waals surface area contributed by atoms with Crippen LogP contribution in [-0.2, 0) is 0 Å². The average Bonchev–Trinajstić information content (AvgIpc) is 2.04. The molecule has 0 radical (unpaired) electrons. The van der Waals surface area contributed by atoms with Crippen LogP contribution in [0.2, 0.25) is 0 Å². The summed E-state index contributed by atoms with van der Waals surface area (Å²) in [5.41, 5.74) is 4.87. The summed E-state index contributed by atoms with van der Waals surface area (Å²) in [5.74, 6) is 0. The molecule has 0 bridgehead atoms. The highest BCUT2D eigenvalue weighted by Gasteiger charge is 1.92. The van der Waals surface area contributed by atoms with Crippen LogP contribution >= 0.6 is 0 Å². The number of hydrogen-bond acceptors (Lipinski definition) is 5. The molecule has 0 aromatic carbocycles. The molecular formula is C6H17NO4. The summed E-state index contributed by atoms with van der Waals surface area (Å²) in [6.07, 6.45) is -1.29. The van der Waals surface area contributed by atoms with E-state index in [9.17, 15) is 0 Å². The van der Waals surface area contributed by atoms with Crippen molar-refractivity contribution in [3.05, 3.63) is 0 Å². The van der Waals surface area contributed by atoms with Gasteiger partial charge in [-0.05, 0) is 6.92 Å². The van der Waals surface area contributed by atoms with Gasteiger partial charge in [-0.25, -0.2) is 0 Å². The second-order valence-electron chi connectivity index (χ2n) is 2.10. The Morgan fingerprint density at radius 2 is 1.55 bits per heavy atom. The maximum atomic E-state index is 8.29. The Balaban J connectivity index is 0. The summed E-state index contributed by atoms with van der Waals surface area (Å²) in [4.78, 5) is 0. The van der Waals surface area contributed by atoms with E-state index >= 15 is 0 Å². The molecule has 2 unspecified atom stereocenters. The molecule has 0 aromatic rings. The van der Waals surface area contributed by atoms with Gasteiger partial charge in [0.1, 0.15) is 0 Å². The van der Waals surface area contributed by atoms with Crippen LogP contribution in [0.4, 0.5) is 0 Å². The van der Waals surface area contributed by atoms with Crippen molar-refractivity contribution in [1.29, 1.82) is 0 Å². The zero-order valence-corrected chi connectivity index (χ0v) is 6.64. The van der Waals surface area contributed by atoms with Gasteiger partial charge in [0.15, 0.2) is 0 Å². The normalized spacial score (nSPS) is 14.7. The van der Waals surface area contributed by atoms with Crippen molar-refractivity contribution in [2.45, 2.75) is 19.1 Å². The van der Waals surface area contributed by atoms with Crippen LogP contribution in [0.15, 0.2) is 0 Å². The Bertz CT molecular complexity index is 65.6. The Labute approximate surface area is 66.1 Å². The fourth-order valence-corrected chi connectivity index (χ4v) is 0.0745. The van der Waals surface area contributed by atoms with Gasteiger partial charge in [-0.1, -0.05) is 0 Å². The fraction of sp³-hybridized carbons (Fsp3) is 1.00. The molecule has 5 heteroatoms. The van der Waals surface area contributed by atoms with Gasteiger partial charge in [0.2, 0.25) is 0 Å². The zero-order chi connectivity index (χ0) is 9.28. The predicted octanol–water partition coefficient (Wildman–Crippen LogP) is -2.34. The van der Waals surface area contributed by atoms with E-state index in [1.54, 1.807) is 0 Å². The van der Waals surface area contributed by atoms with Gasteiger partial charge in [-0.15, -0.1) is 0 Å². The Hall–Kier alpha value is -0.200. The van der Waals surface area contributed by atoms with Gasteiger partial charge < -0.3 is 26.2 Å². The number of aliphatic hydroxyl groups excluding tert-OH is 4. The minimum absolute atomic E-state index is 0.135. The van der Waals surface area contributed by atoms with Crippen molar-refractivity contribution >= 4 is 0 Å². The summed E-state index contributed by atoms with van der Waals surface area (Å²) >= 11 is 0. The molecule has 11 heavy (non-hydrogen) atoms. The summed E-state index contributed by atoms with van der Waals surface area (Å²) in [7, 11) is 0. The molecule has 0 aromatic heterocycles. The topological polar surface area (TPSA) is 107 Å². The molecule has 0 aliphatic heterocycles. The van der Waals surface area contributed by atoms with Crippen LogP contribution in [0, 0.1) is 0 Å². The molecule has 0 aliphatic carbocycles. The quantitative estimate of drug-likeness (QED) is 0.324. The highest BCUT2D eigenvalue weighted by atomic mass is 16.3. The Kier molecular flexibility index (Phi) is 11.9. The smallest absolute Gasteiger partial charge is 0.0892 e. The number of aliphatic hydroxyl groups is 4.